The normalized spacial score (nSPS) is 23.4. The average Bonchev–Trinajstić information content (AvgIpc) is 2.73. The molecule has 0 heterocycles. The van der Waals surface area contributed by atoms with Crippen LogP contribution in [0.3, 0.4) is 0 Å². The second-order valence-corrected chi connectivity index (χ2v) is 7.91. The molecule has 1 aromatic carbocycles. The molecule has 1 aromatic rings. The molecule has 1 fully saturated rings. The Balaban J connectivity index is 0.00000145. The van der Waals surface area contributed by atoms with Crippen molar-refractivity contribution in [2.24, 2.45) is 11.8 Å². The van der Waals surface area contributed by atoms with Crippen LogP contribution in [0.1, 0.15) is 49.9 Å². The molecule has 3 atom stereocenters. The van der Waals surface area contributed by atoms with E-state index in [4.69, 9.17) is 0 Å². The molecule has 6 nitrogen and oxygen atoms in total. The van der Waals surface area contributed by atoms with E-state index in [1.54, 1.807) is 32.3 Å². The lowest BCUT2D eigenvalue weighted by Crippen LogP contribution is -2.46. The van der Waals surface area contributed by atoms with Gasteiger partial charge < -0.3 is 20.6 Å². The van der Waals surface area contributed by atoms with E-state index in [2.05, 4.69) is 30.7 Å². The Hall–Kier alpha value is -2.76. The molecule has 2 aliphatic carbocycles. The van der Waals surface area contributed by atoms with Crippen LogP contribution in [0.5, 0.6) is 5.75 Å². The Morgan fingerprint density at radius 2 is 1.83 bits per heavy atom. The lowest BCUT2D eigenvalue weighted by molar-refractivity contribution is -0.120. The van der Waals surface area contributed by atoms with Crippen LogP contribution in [0.25, 0.3) is 0 Å². The molecule has 0 spiro atoms. The van der Waals surface area contributed by atoms with E-state index in [1.807, 2.05) is 6.92 Å². The van der Waals surface area contributed by atoms with Gasteiger partial charge in [-0.3, -0.25) is 9.59 Å². The van der Waals surface area contributed by atoms with Crippen LogP contribution >= 0.6 is 0 Å². The fourth-order valence-electron chi connectivity index (χ4n) is 3.87. The summed E-state index contributed by atoms with van der Waals surface area (Å²) in [6.07, 6.45) is 4.77. The van der Waals surface area contributed by atoms with E-state index in [-0.39, 0.29) is 28.9 Å². The molecule has 158 valence electrons. The number of hydrogen-bond donors (Lipinski definition) is 3. The van der Waals surface area contributed by atoms with Gasteiger partial charge in [-0.1, -0.05) is 25.8 Å². The highest BCUT2D eigenvalue weighted by atomic mass is 16.3. The third kappa shape index (κ3) is 4.63. The highest BCUT2D eigenvalue weighted by Gasteiger charge is 2.38. The standard InChI is InChI=1S/C21H29N3O3.C2H4/c1-12-8-5-6-10-15(12)22-17-13(2)19(25)18(17)23-16-11-7-9-14(20(16)26)21(27)24(3)4;1-2/h7,9,11-13,15,22-23,26H,5-6,8,10H2,1-4H3;1-2H2. The van der Waals surface area contributed by atoms with Crippen LogP contribution < -0.4 is 10.6 Å². The maximum atomic E-state index is 12.4. The molecule has 3 unspecified atom stereocenters. The second kappa shape index (κ2) is 9.63. The molecule has 29 heavy (non-hydrogen) atoms. The zero-order valence-electron chi connectivity index (χ0n) is 17.9. The smallest absolute Gasteiger partial charge is 0.257 e. The van der Waals surface area contributed by atoms with Crippen molar-refractivity contribution in [2.45, 2.75) is 45.6 Å². The van der Waals surface area contributed by atoms with Crippen LogP contribution in [-0.4, -0.2) is 41.8 Å². The number of phenolic OH excluding ortho intramolecular Hbond substituents is 1. The Kier molecular flexibility index (Phi) is 7.48. The number of nitrogens with zero attached hydrogens (tertiary/aromatic N) is 1. The van der Waals surface area contributed by atoms with Gasteiger partial charge in [0.15, 0.2) is 11.5 Å². The summed E-state index contributed by atoms with van der Waals surface area (Å²) in [6.45, 7) is 10.1. The number of aromatic hydroxyl groups is 1. The van der Waals surface area contributed by atoms with Crippen molar-refractivity contribution in [3.63, 3.8) is 0 Å². The summed E-state index contributed by atoms with van der Waals surface area (Å²) >= 11 is 0. The molecule has 3 N–H and O–H groups in total. The molecule has 0 saturated heterocycles. The van der Waals surface area contributed by atoms with Gasteiger partial charge in [0.1, 0.15) is 5.70 Å². The van der Waals surface area contributed by atoms with Crippen LogP contribution in [0.2, 0.25) is 0 Å². The molecular formula is C23H33N3O3. The van der Waals surface area contributed by atoms with E-state index in [9.17, 15) is 14.7 Å². The first kappa shape index (κ1) is 22.5. The van der Waals surface area contributed by atoms with Crippen molar-refractivity contribution < 1.29 is 14.7 Å². The van der Waals surface area contributed by atoms with Crippen molar-refractivity contribution in [1.82, 2.24) is 10.2 Å². The van der Waals surface area contributed by atoms with Gasteiger partial charge in [0, 0.05) is 25.8 Å². The minimum absolute atomic E-state index is 0.0182. The lowest BCUT2D eigenvalue weighted by atomic mass is 9.82. The Morgan fingerprint density at radius 3 is 2.45 bits per heavy atom. The van der Waals surface area contributed by atoms with Crippen molar-refractivity contribution in [1.29, 1.82) is 0 Å². The SMILES string of the molecule is C=C.CC1C(=O)C(Nc2cccc(C(=O)N(C)C)c2O)=C1NC1CCCCC1C. The fraction of sp³-hybridized carbons (Fsp3) is 0.478. The number of phenols is 1. The molecule has 1 saturated carbocycles. The van der Waals surface area contributed by atoms with Gasteiger partial charge in [-0.15, -0.1) is 13.2 Å². The fourth-order valence-corrected chi connectivity index (χ4v) is 3.87. The van der Waals surface area contributed by atoms with Gasteiger partial charge in [-0.05, 0) is 37.8 Å². The number of benzene rings is 1. The summed E-state index contributed by atoms with van der Waals surface area (Å²) in [4.78, 5) is 26.0. The predicted octanol–water partition coefficient (Wildman–Crippen LogP) is 3.91. The van der Waals surface area contributed by atoms with Gasteiger partial charge in [0.25, 0.3) is 5.91 Å². The molecule has 1 amide bonds. The number of para-hydroxylation sites is 1. The maximum Gasteiger partial charge on any atom is 0.257 e. The van der Waals surface area contributed by atoms with Crippen molar-refractivity contribution >= 4 is 17.4 Å². The van der Waals surface area contributed by atoms with Gasteiger partial charge in [0.2, 0.25) is 0 Å². The molecule has 0 bridgehead atoms. The number of anilines is 1. The number of carbonyl (C=O) groups excluding carboxylic acids is 2. The third-order valence-electron chi connectivity index (χ3n) is 5.73. The minimum Gasteiger partial charge on any atom is -0.505 e. The van der Waals surface area contributed by atoms with E-state index in [1.165, 1.54) is 24.2 Å². The number of hydrogen-bond acceptors (Lipinski definition) is 5. The second-order valence-electron chi connectivity index (χ2n) is 7.91. The monoisotopic (exact) mass is 399 g/mol. The van der Waals surface area contributed by atoms with E-state index >= 15 is 0 Å². The zero-order chi connectivity index (χ0) is 21.7. The number of carbonyl (C=O) groups is 2. The van der Waals surface area contributed by atoms with Crippen LogP contribution in [0.15, 0.2) is 42.8 Å². The Morgan fingerprint density at radius 1 is 1.17 bits per heavy atom. The first-order valence-electron chi connectivity index (χ1n) is 10.2. The van der Waals surface area contributed by atoms with Crippen LogP contribution in [0, 0.1) is 11.8 Å². The van der Waals surface area contributed by atoms with E-state index in [0.717, 1.165) is 12.1 Å². The topological polar surface area (TPSA) is 81.7 Å². The van der Waals surface area contributed by atoms with Gasteiger partial charge in [-0.25, -0.2) is 0 Å². The summed E-state index contributed by atoms with van der Waals surface area (Å²) < 4.78 is 0. The van der Waals surface area contributed by atoms with Crippen LogP contribution in [0.4, 0.5) is 5.69 Å². The summed E-state index contributed by atoms with van der Waals surface area (Å²) in [5.41, 5.74) is 1.97. The van der Waals surface area contributed by atoms with Crippen LogP contribution in [-0.2, 0) is 4.79 Å². The predicted molar refractivity (Wildman–Crippen MR) is 117 cm³/mol. The number of rotatable bonds is 5. The minimum atomic E-state index is -0.284. The number of allylic oxidation sites excluding steroid dienone is 2. The molecular weight excluding hydrogens is 366 g/mol. The number of Topliss-reactive ketones (excluding diaryl/α,β-unsaturated/α-hetero) is 1. The van der Waals surface area contributed by atoms with Gasteiger partial charge in [-0.2, -0.15) is 0 Å². The van der Waals surface area contributed by atoms with E-state index < -0.39 is 0 Å². The number of ketones is 1. The van der Waals surface area contributed by atoms with Gasteiger partial charge in [0.05, 0.1) is 17.2 Å². The molecule has 2 aliphatic rings. The molecule has 0 aliphatic heterocycles. The quantitative estimate of drug-likeness (QED) is 0.517. The first-order valence-corrected chi connectivity index (χ1v) is 10.2. The summed E-state index contributed by atoms with van der Waals surface area (Å²) in [6, 6.07) is 5.32. The average molecular weight is 400 g/mol. The number of nitrogens with one attached hydrogen (secondary N) is 2. The summed E-state index contributed by atoms with van der Waals surface area (Å²) in [7, 11) is 3.27. The molecule has 0 radical (unpaired) electrons. The van der Waals surface area contributed by atoms with E-state index in [0.29, 0.717) is 23.3 Å². The summed E-state index contributed by atoms with van der Waals surface area (Å²) in [5, 5.41) is 17.1. The van der Waals surface area contributed by atoms with Crippen molar-refractivity contribution in [2.75, 3.05) is 19.4 Å². The van der Waals surface area contributed by atoms with Crippen molar-refractivity contribution in [3.8, 4) is 5.75 Å². The summed E-state index contributed by atoms with van der Waals surface area (Å²) in [5.74, 6) is -0.000781. The zero-order valence-corrected chi connectivity index (χ0v) is 17.9. The lowest BCUT2D eigenvalue weighted by Gasteiger charge is -2.37. The number of amides is 1. The Labute approximate surface area is 173 Å². The Bertz CT molecular complexity index is 801. The highest BCUT2D eigenvalue weighted by Crippen LogP contribution is 2.36. The molecule has 3 rings (SSSR count). The largest absolute Gasteiger partial charge is 0.505 e. The van der Waals surface area contributed by atoms with Crippen molar-refractivity contribution in [3.05, 3.63) is 48.3 Å². The third-order valence-corrected chi connectivity index (χ3v) is 5.73. The van der Waals surface area contributed by atoms with Gasteiger partial charge >= 0.3 is 0 Å². The maximum absolute atomic E-state index is 12.4. The highest BCUT2D eigenvalue weighted by molar-refractivity contribution is 6.09. The molecule has 6 heteroatoms. The first-order chi connectivity index (χ1) is 13.8. The molecule has 0 aromatic heterocycles.